The van der Waals surface area contributed by atoms with Crippen LogP contribution in [0.1, 0.15) is 45.1 Å². The van der Waals surface area contributed by atoms with Gasteiger partial charge in [-0.05, 0) is 69.7 Å². The quantitative estimate of drug-likeness (QED) is 0.233. The molecule has 0 spiro atoms. The van der Waals surface area contributed by atoms with Crippen molar-refractivity contribution in [1.82, 2.24) is 4.57 Å². The zero-order valence-corrected chi connectivity index (χ0v) is 25.7. The SMILES string of the molecule is CCOC(=O)C1=C(C)N=c2s/c(=C/c3ccc(-c4cccc(Br)c4)o3)c(=O)n2[C@H]1c1ccc(OC(C)C)c(OC)c1. The summed E-state index contributed by atoms with van der Waals surface area (Å²) in [5.41, 5.74) is 2.06. The summed E-state index contributed by atoms with van der Waals surface area (Å²) in [6.45, 7) is 7.54. The number of carbonyl (C=O) groups excluding carboxylic acids is 1. The van der Waals surface area contributed by atoms with Crippen LogP contribution in [0.15, 0.2) is 84.5 Å². The maximum atomic E-state index is 13.9. The van der Waals surface area contributed by atoms with Crippen LogP contribution in [0.2, 0.25) is 0 Å². The van der Waals surface area contributed by atoms with Crippen LogP contribution in [0.5, 0.6) is 11.5 Å². The topological polar surface area (TPSA) is 92.3 Å². The first-order valence-corrected chi connectivity index (χ1v) is 14.7. The van der Waals surface area contributed by atoms with Crippen LogP contribution < -0.4 is 24.4 Å². The number of aromatic nitrogens is 1. The smallest absolute Gasteiger partial charge is 0.338 e. The average Bonchev–Trinajstić information content (AvgIpc) is 3.52. The minimum Gasteiger partial charge on any atom is -0.493 e. The van der Waals surface area contributed by atoms with Crippen molar-refractivity contribution in [1.29, 1.82) is 0 Å². The molecule has 41 heavy (non-hydrogen) atoms. The molecule has 0 saturated carbocycles. The number of allylic oxidation sites excluding steroid dienone is 1. The molecule has 2 aromatic carbocycles. The zero-order valence-electron chi connectivity index (χ0n) is 23.3. The number of benzene rings is 2. The molecule has 0 saturated heterocycles. The Morgan fingerprint density at radius 1 is 1.17 bits per heavy atom. The van der Waals surface area contributed by atoms with Gasteiger partial charge in [0, 0.05) is 16.1 Å². The summed E-state index contributed by atoms with van der Waals surface area (Å²) in [6.07, 6.45) is 1.64. The standard InChI is InChI=1S/C31H29BrN2O6S/c1-6-38-30(36)27-18(4)33-31-34(28(27)20-10-12-24(39-17(2)3)25(15-20)37-5)29(35)26(41-31)16-22-11-13-23(40-22)19-8-7-9-21(32)14-19/h7-17,28H,6H2,1-5H3/b26-16+/t28-/m0/s1. The predicted octanol–water partition coefficient (Wildman–Crippen LogP) is 5.62. The van der Waals surface area contributed by atoms with E-state index in [-0.39, 0.29) is 18.3 Å². The maximum absolute atomic E-state index is 13.9. The van der Waals surface area contributed by atoms with E-state index in [0.29, 0.717) is 49.2 Å². The van der Waals surface area contributed by atoms with Crippen molar-refractivity contribution < 1.29 is 23.4 Å². The number of ether oxygens (including phenoxy) is 3. The van der Waals surface area contributed by atoms with Crippen LogP contribution in [0.25, 0.3) is 17.4 Å². The van der Waals surface area contributed by atoms with Gasteiger partial charge in [-0.15, -0.1) is 0 Å². The Kier molecular flexibility index (Phi) is 8.32. The minimum atomic E-state index is -0.775. The fourth-order valence-electron chi connectivity index (χ4n) is 4.67. The number of furan rings is 1. The number of esters is 1. The fourth-order valence-corrected chi connectivity index (χ4v) is 6.09. The van der Waals surface area contributed by atoms with Crippen LogP contribution in [-0.4, -0.2) is 30.4 Å². The lowest BCUT2D eigenvalue weighted by Crippen LogP contribution is -2.40. The van der Waals surface area contributed by atoms with E-state index in [1.807, 2.05) is 56.3 Å². The van der Waals surface area contributed by atoms with Crippen molar-refractivity contribution in [2.24, 2.45) is 4.99 Å². The predicted molar refractivity (Wildman–Crippen MR) is 161 cm³/mol. The lowest BCUT2D eigenvalue weighted by molar-refractivity contribution is -0.139. The maximum Gasteiger partial charge on any atom is 0.338 e. The third-order valence-corrected chi connectivity index (χ3v) is 7.87. The van der Waals surface area contributed by atoms with Gasteiger partial charge in [0.1, 0.15) is 11.5 Å². The number of methoxy groups -OCH3 is 1. The Hall–Kier alpha value is -3.89. The van der Waals surface area contributed by atoms with Gasteiger partial charge >= 0.3 is 5.97 Å². The molecule has 0 amide bonds. The molecule has 3 heterocycles. The van der Waals surface area contributed by atoms with Crippen molar-refractivity contribution in [3.05, 3.63) is 101 Å². The largest absolute Gasteiger partial charge is 0.493 e. The van der Waals surface area contributed by atoms with E-state index < -0.39 is 12.0 Å². The molecule has 0 aliphatic carbocycles. The molecule has 0 radical (unpaired) electrons. The van der Waals surface area contributed by atoms with Gasteiger partial charge in [0.2, 0.25) is 0 Å². The Labute approximate surface area is 249 Å². The van der Waals surface area contributed by atoms with Crippen molar-refractivity contribution in [3.8, 4) is 22.8 Å². The van der Waals surface area contributed by atoms with Gasteiger partial charge in [0.25, 0.3) is 5.56 Å². The highest BCUT2D eigenvalue weighted by atomic mass is 79.9. The molecular formula is C31H29BrN2O6S. The number of halogens is 1. The summed E-state index contributed by atoms with van der Waals surface area (Å²) in [6, 6.07) is 16.1. The van der Waals surface area contributed by atoms with Crippen LogP contribution in [0, 0.1) is 0 Å². The van der Waals surface area contributed by atoms with Crippen LogP contribution >= 0.6 is 27.3 Å². The molecule has 1 aliphatic rings. The van der Waals surface area contributed by atoms with Gasteiger partial charge in [-0.1, -0.05) is 45.5 Å². The van der Waals surface area contributed by atoms with Gasteiger partial charge < -0.3 is 18.6 Å². The second-order valence-electron chi connectivity index (χ2n) is 9.59. The second-order valence-corrected chi connectivity index (χ2v) is 11.5. The molecule has 1 aliphatic heterocycles. The van der Waals surface area contributed by atoms with Crippen LogP contribution in [0.3, 0.4) is 0 Å². The number of fused-ring (bicyclic) bond motifs is 1. The first kappa shape index (κ1) is 28.6. The van der Waals surface area contributed by atoms with Crippen LogP contribution in [0.4, 0.5) is 0 Å². The van der Waals surface area contributed by atoms with Gasteiger partial charge in [0.05, 0.1) is 41.7 Å². The number of thiazole rings is 1. The third kappa shape index (κ3) is 5.80. The molecule has 0 bridgehead atoms. The molecule has 5 rings (SSSR count). The van der Waals surface area contributed by atoms with Gasteiger partial charge in [-0.25, -0.2) is 9.79 Å². The molecule has 8 nitrogen and oxygen atoms in total. The number of carbonyl (C=O) groups is 1. The molecule has 0 fully saturated rings. The molecule has 212 valence electrons. The first-order valence-electron chi connectivity index (χ1n) is 13.1. The lowest BCUT2D eigenvalue weighted by Gasteiger charge is -2.25. The van der Waals surface area contributed by atoms with E-state index in [0.717, 1.165) is 10.0 Å². The number of nitrogens with zero attached hydrogens (tertiary/aromatic N) is 2. The van der Waals surface area contributed by atoms with E-state index in [1.165, 1.54) is 15.9 Å². The summed E-state index contributed by atoms with van der Waals surface area (Å²) in [5, 5.41) is 0. The molecule has 0 unspecified atom stereocenters. The summed E-state index contributed by atoms with van der Waals surface area (Å²) in [4.78, 5) is 32.2. The normalized spacial score (nSPS) is 15.1. The average molecular weight is 638 g/mol. The number of hydrogen-bond acceptors (Lipinski definition) is 8. The molecule has 10 heteroatoms. The van der Waals surface area contributed by atoms with E-state index in [2.05, 4.69) is 20.9 Å². The summed E-state index contributed by atoms with van der Waals surface area (Å²) in [7, 11) is 1.55. The zero-order chi connectivity index (χ0) is 29.3. The number of rotatable bonds is 8. The minimum absolute atomic E-state index is 0.0600. The van der Waals surface area contributed by atoms with E-state index in [9.17, 15) is 9.59 Å². The highest BCUT2D eigenvalue weighted by molar-refractivity contribution is 9.10. The molecule has 2 aromatic heterocycles. The summed E-state index contributed by atoms with van der Waals surface area (Å²) in [5.74, 6) is 1.74. The summed E-state index contributed by atoms with van der Waals surface area (Å²) < 4.78 is 25.8. The van der Waals surface area contributed by atoms with Gasteiger partial charge in [-0.2, -0.15) is 0 Å². The lowest BCUT2D eigenvalue weighted by atomic mass is 9.95. The molecule has 4 aromatic rings. The Balaban J connectivity index is 1.64. The van der Waals surface area contributed by atoms with Crippen molar-refractivity contribution >= 4 is 39.3 Å². The highest BCUT2D eigenvalue weighted by Crippen LogP contribution is 2.36. The molecule has 1 atom stereocenters. The van der Waals surface area contributed by atoms with Crippen molar-refractivity contribution in [2.45, 2.75) is 39.8 Å². The van der Waals surface area contributed by atoms with Crippen LogP contribution in [-0.2, 0) is 9.53 Å². The van der Waals surface area contributed by atoms with Gasteiger partial charge in [-0.3, -0.25) is 9.36 Å². The Morgan fingerprint density at radius 2 is 1.98 bits per heavy atom. The van der Waals surface area contributed by atoms with E-state index >= 15 is 0 Å². The highest BCUT2D eigenvalue weighted by Gasteiger charge is 2.34. The van der Waals surface area contributed by atoms with Crippen molar-refractivity contribution in [2.75, 3.05) is 13.7 Å². The second kappa shape index (κ2) is 11.9. The van der Waals surface area contributed by atoms with Gasteiger partial charge in [0.15, 0.2) is 16.3 Å². The van der Waals surface area contributed by atoms with E-state index in [4.69, 9.17) is 18.6 Å². The Morgan fingerprint density at radius 3 is 2.68 bits per heavy atom. The monoisotopic (exact) mass is 636 g/mol. The fraction of sp³-hybridized carbons (Fsp3) is 0.258. The third-order valence-electron chi connectivity index (χ3n) is 6.39. The number of hydrogen-bond donors (Lipinski definition) is 0. The Bertz CT molecular complexity index is 1830. The molecular weight excluding hydrogens is 608 g/mol. The first-order chi connectivity index (χ1) is 19.7. The molecule has 0 N–H and O–H groups in total. The van der Waals surface area contributed by atoms with E-state index in [1.54, 1.807) is 39.2 Å². The van der Waals surface area contributed by atoms with Crippen molar-refractivity contribution in [3.63, 3.8) is 0 Å². The summed E-state index contributed by atoms with van der Waals surface area (Å²) >= 11 is 4.72.